The number of thioether (sulfide) groups is 1. The third-order valence-corrected chi connectivity index (χ3v) is 3.56. The smallest absolute Gasteiger partial charge is 0.326 e. The first kappa shape index (κ1) is 15.3. The van der Waals surface area contributed by atoms with Gasteiger partial charge in [-0.15, -0.1) is 11.8 Å². The maximum Gasteiger partial charge on any atom is 0.433 e. The summed E-state index contributed by atoms with van der Waals surface area (Å²) in [5.74, 6) is 0.773. The Morgan fingerprint density at radius 2 is 2.00 bits per heavy atom. The van der Waals surface area contributed by atoms with E-state index >= 15 is 0 Å². The Balaban J connectivity index is 2.79. The lowest BCUT2D eigenvalue weighted by Crippen LogP contribution is -2.10. The third kappa shape index (κ3) is 4.49. The molecule has 0 aliphatic heterocycles. The van der Waals surface area contributed by atoms with Crippen LogP contribution in [0.15, 0.2) is 17.2 Å². The van der Waals surface area contributed by atoms with Crippen LogP contribution in [0.5, 0.6) is 0 Å². The molecule has 6 heteroatoms. The molecule has 18 heavy (non-hydrogen) atoms. The normalized spacial score (nSPS) is 11.8. The zero-order valence-corrected chi connectivity index (χ0v) is 11.1. The van der Waals surface area contributed by atoms with Crippen LogP contribution in [0.1, 0.15) is 37.4 Å². The van der Waals surface area contributed by atoms with Gasteiger partial charge in [0.05, 0.1) is 0 Å². The van der Waals surface area contributed by atoms with Crippen LogP contribution in [0.4, 0.5) is 13.2 Å². The molecule has 1 rings (SSSR count). The predicted octanol–water partition coefficient (Wildman–Crippen LogP) is 3.84. The van der Waals surface area contributed by atoms with Gasteiger partial charge in [0.25, 0.3) is 0 Å². The molecule has 2 N–H and O–H groups in total. The first-order valence-corrected chi connectivity index (χ1v) is 6.87. The molecule has 1 aromatic heterocycles. The summed E-state index contributed by atoms with van der Waals surface area (Å²) in [5, 5.41) is 0.406. The standard InChI is InChI=1S/C12H17F3N2S/c1-2-3-4-7-18-11-9(8-16)5-6-10(17-11)12(13,14)15/h5-6H,2-4,7-8,16H2,1H3. The minimum Gasteiger partial charge on any atom is -0.326 e. The first-order valence-electron chi connectivity index (χ1n) is 5.89. The van der Waals surface area contributed by atoms with Crippen LogP contribution in [0, 0.1) is 0 Å². The molecule has 0 fully saturated rings. The van der Waals surface area contributed by atoms with Gasteiger partial charge in [0.1, 0.15) is 10.7 Å². The van der Waals surface area contributed by atoms with E-state index in [0.717, 1.165) is 31.1 Å². The Labute approximate surface area is 109 Å². The average Bonchev–Trinajstić information content (AvgIpc) is 2.33. The fourth-order valence-electron chi connectivity index (χ4n) is 1.43. The van der Waals surface area contributed by atoms with E-state index in [1.165, 1.54) is 17.8 Å². The monoisotopic (exact) mass is 278 g/mol. The van der Waals surface area contributed by atoms with E-state index in [0.29, 0.717) is 10.6 Å². The second kappa shape index (κ2) is 6.99. The van der Waals surface area contributed by atoms with Crippen LogP contribution >= 0.6 is 11.8 Å². The van der Waals surface area contributed by atoms with Crippen molar-refractivity contribution in [2.24, 2.45) is 5.73 Å². The molecular formula is C12H17F3N2S. The predicted molar refractivity (Wildman–Crippen MR) is 67.4 cm³/mol. The van der Waals surface area contributed by atoms with Crippen LogP contribution in [0.25, 0.3) is 0 Å². The molecule has 0 spiro atoms. The Kier molecular flexibility index (Phi) is 5.95. The van der Waals surface area contributed by atoms with Crippen molar-refractivity contribution in [3.8, 4) is 0 Å². The molecule has 0 saturated heterocycles. The minimum absolute atomic E-state index is 0.210. The van der Waals surface area contributed by atoms with E-state index in [1.54, 1.807) is 0 Å². The second-order valence-corrected chi connectivity index (χ2v) is 5.00. The number of hydrogen-bond donors (Lipinski definition) is 1. The van der Waals surface area contributed by atoms with Crippen molar-refractivity contribution in [3.63, 3.8) is 0 Å². The topological polar surface area (TPSA) is 38.9 Å². The SMILES string of the molecule is CCCCCSc1nc(C(F)(F)F)ccc1CN. The van der Waals surface area contributed by atoms with Gasteiger partial charge in [0.15, 0.2) is 0 Å². The average molecular weight is 278 g/mol. The van der Waals surface area contributed by atoms with Gasteiger partial charge >= 0.3 is 6.18 Å². The Morgan fingerprint density at radius 3 is 2.56 bits per heavy atom. The zero-order chi connectivity index (χ0) is 13.6. The number of unbranched alkanes of at least 4 members (excludes halogenated alkanes) is 2. The second-order valence-electron chi connectivity index (χ2n) is 3.92. The number of halogens is 3. The van der Waals surface area contributed by atoms with Crippen molar-refractivity contribution in [2.45, 2.75) is 43.9 Å². The van der Waals surface area contributed by atoms with E-state index in [2.05, 4.69) is 11.9 Å². The highest BCUT2D eigenvalue weighted by atomic mass is 32.2. The van der Waals surface area contributed by atoms with Crippen LogP contribution in [-0.4, -0.2) is 10.7 Å². The molecule has 0 aliphatic rings. The lowest BCUT2D eigenvalue weighted by molar-refractivity contribution is -0.141. The van der Waals surface area contributed by atoms with Crippen molar-refractivity contribution in [3.05, 3.63) is 23.4 Å². The fourth-order valence-corrected chi connectivity index (χ4v) is 2.47. The lowest BCUT2D eigenvalue weighted by Gasteiger charge is -2.11. The van der Waals surface area contributed by atoms with Crippen LogP contribution in [0.2, 0.25) is 0 Å². The summed E-state index contributed by atoms with van der Waals surface area (Å²) in [7, 11) is 0. The zero-order valence-electron chi connectivity index (χ0n) is 10.3. The Bertz CT molecular complexity index is 380. The first-order chi connectivity index (χ1) is 8.49. The highest BCUT2D eigenvalue weighted by molar-refractivity contribution is 7.99. The van der Waals surface area contributed by atoms with Gasteiger partial charge < -0.3 is 5.73 Å². The summed E-state index contributed by atoms with van der Waals surface area (Å²) in [5.41, 5.74) is 5.33. The quantitative estimate of drug-likeness (QED) is 0.634. The third-order valence-electron chi connectivity index (χ3n) is 2.44. The van der Waals surface area contributed by atoms with Gasteiger partial charge in [-0.25, -0.2) is 4.98 Å². The van der Waals surface area contributed by atoms with Crippen LogP contribution in [-0.2, 0) is 12.7 Å². The molecule has 0 unspecified atom stereocenters. The Hall–Kier alpha value is -0.750. The van der Waals surface area contributed by atoms with Crippen molar-refractivity contribution in [1.29, 1.82) is 0 Å². The number of aromatic nitrogens is 1. The number of hydrogen-bond acceptors (Lipinski definition) is 3. The van der Waals surface area contributed by atoms with E-state index in [1.807, 2.05) is 0 Å². The molecule has 0 bridgehead atoms. The Morgan fingerprint density at radius 1 is 1.28 bits per heavy atom. The largest absolute Gasteiger partial charge is 0.433 e. The molecule has 1 aromatic rings. The number of alkyl halides is 3. The van der Waals surface area contributed by atoms with Crippen molar-refractivity contribution < 1.29 is 13.2 Å². The van der Waals surface area contributed by atoms with E-state index in [4.69, 9.17) is 5.73 Å². The van der Waals surface area contributed by atoms with Crippen molar-refractivity contribution in [1.82, 2.24) is 4.98 Å². The highest BCUT2D eigenvalue weighted by Crippen LogP contribution is 2.31. The van der Waals surface area contributed by atoms with Gasteiger partial charge in [0, 0.05) is 6.54 Å². The van der Waals surface area contributed by atoms with Gasteiger partial charge in [-0.3, -0.25) is 0 Å². The lowest BCUT2D eigenvalue weighted by atomic mass is 10.2. The van der Waals surface area contributed by atoms with Gasteiger partial charge in [-0.2, -0.15) is 13.2 Å². The van der Waals surface area contributed by atoms with Crippen LogP contribution < -0.4 is 5.73 Å². The molecular weight excluding hydrogens is 261 g/mol. The van der Waals surface area contributed by atoms with Crippen molar-refractivity contribution >= 4 is 11.8 Å². The molecule has 0 aromatic carbocycles. The number of nitrogens with two attached hydrogens (primary N) is 1. The summed E-state index contributed by atoms with van der Waals surface area (Å²) in [6.45, 7) is 2.29. The van der Waals surface area contributed by atoms with Crippen molar-refractivity contribution in [2.75, 3.05) is 5.75 Å². The minimum atomic E-state index is -4.40. The van der Waals surface area contributed by atoms with Gasteiger partial charge in [0.2, 0.25) is 0 Å². The molecule has 1 heterocycles. The summed E-state index contributed by atoms with van der Waals surface area (Å²) in [6.07, 6.45) is -1.26. The summed E-state index contributed by atoms with van der Waals surface area (Å²) >= 11 is 1.35. The van der Waals surface area contributed by atoms with E-state index in [-0.39, 0.29) is 6.54 Å². The molecule has 2 nitrogen and oxygen atoms in total. The summed E-state index contributed by atoms with van der Waals surface area (Å²) in [4.78, 5) is 3.67. The summed E-state index contributed by atoms with van der Waals surface area (Å²) < 4.78 is 37.6. The molecule has 0 radical (unpaired) electrons. The highest BCUT2D eigenvalue weighted by Gasteiger charge is 2.32. The van der Waals surface area contributed by atoms with E-state index in [9.17, 15) is 13.2 Å². The number of rotatable bonds is 6. The molecule has 102 valence electrons. The van der Waals surface area contributed by atoms with Crippen LogP contribution in [0.3, 0.4) is 0 Å². The molecule has 0 saturated carbocycles. The number of pyridine rings is 1. The maximum atomic E-state index is 12.5. The fraction of sp³-hybridized carbons (Fsp3) is 0.583. The molecule has 0 aliphatic carbocycles. The molecule has 0 amide bonds. The van der Waals surface area contributed by atoms with Gasteiger partial charge in [-0.05, 0) is 23.8 Å². The molecule has 0 atom stereocenters. The van der Waals surface area contributed by atoms with Gasteiger partial charge in [-0.1, -0.05) is 25.8 Å². The summed E-state index contributed by atoms with van der Waals surface area (Å²) in [6, 6.07) is 2.40. The maximum absolute atomic E-state index is 12.5. The van der Waals surface area contributed by atoms with E-state index < -0.39 is 11.9 Å². The number of nitrogens with zero attached hydrogens (tertiary/aromatic N) is 1.